The van der Waals surface area contributed by atoms with Gasteiger partial charge in [-0.05, 0) is 75.4 Å². The Bertz CT molecular complexity index is 1110. The Labute approximate surface area is 169 Å². The Kier molecular flexibility index (Phi) is 4.49. The third-order valence-corrected chi connectivity index (χ3v) is 6.77. The summed E-state index contributed by atoms with van der Waals surface area (Å²) in [6.07, 6.45) is 4.95. The summed E-state index contributed by atoms with van der Waals surface area (Å²) in [4.78, 5) is 0. The average Bonchev–Trinajstić information content (AvgIpc) is 2.74. The Hall–Kier alpha value is -2.12. The van der Waals surface area contributed by atoms with Crippen molar-refractivity contribution in [3.8, 4) is 0 Å². The van der Waals surface area contributed by atoms with Crippen LogP contribution in [-0.4, -0.2) is 0 Å². The summed E-state index contributed by atoms with van der Waals surface area (Å²) >= 11 is 3.55. The van der Waals surface area contributed by atoms with E-state index >= 15 is 0 Å². The molecule has 0 aliphatic heterocycles. The largest absolute Gasteiger partial charge is 0.0876 e. The first-order valence-electron chi connectivity index (χ1n) is 9.90. The van der Waals surface area contributed by atoms with Crippen LogP contribution in [0.3, 0.4) is 0 Å². The first-order valence-corrected chi connectivity index (χ1v) is 11.0. The fourth-order valence-electron chi connectivity index (χ4n) is 4.79. The molecule has 0 aromatic heterocycles. The van der Waals surface area contributed by atoms with Crippen molar-refractivity contribution in [3.63, 3.8) is 0 Å². The highest BCUT2D eigenvalue weighted by Crippen LogP contribution is 2.40. The van der Waals surface area contributed by atoms with E-state index in [2.05, 4.69) is 88.7 Å². The van der Waals surface area contributed by atoms with Crippen LogP contribution in [0.1, 0.15) is 41.0 Å². The van der Waals surface area contributed by atoms with Gasteiger partial charge in [0, 0.05) is 5.33 Å². The first kappa shape index (κ1) is 17.0. The van der Waals surface area contributed by atoms with Crippen molar-refractivity contribution in [2.75, 3.05) is 0 Å². The Morgan fingerprint density at radius 2 is 1.52 bits per heavy atom. The summed E-state index contributed by atoms with van der Waals surface area (Å²) in [5.41, 5.74) is 5.97. The molecule has 1 aliphatic rings. The molecule has 0 bridgehead atoms. The van der Waals surface area contributed by atoms with E-state index < -0.39 is 0 Å². The summed E-state index contributed by atoms with van der Waals surface area (Å²) in [6.45, 7) is 0. The number of rotatable bonds is 3. The molecule has 134 valence electrons. The molecule has 1 unspecified atom stereocenters. The van der Waals surface area contributed by atoms with Gasteiger partial charge in [0.15, 0.2) is 0 Å². The van der Waals surface area contributed by atoms with E-state index in [0.717, 1.165) is 11.8 Å². The zero-order valence-corrected chi connectivity index (χ0v) is 17.0. The molecule has 1 aliphatic carbocycles. The molecule has 0 saturated carbocycles. The maximum atomic E-state index is 3.55. The monoisotopic (exact) mass is 414 g/mol. The first-order chi connectivity index (χ1) is 13.3. The molecule has 0 spiro atoms. The highest BCUT2D eigenvalue weighted by atomic mass is 79.9. The standard InChI is InChI=1S/C26H23Br/c27-17-19-10-8-18(9-11-19)16-22-6-3-5-21-13-14-24-23-7-2-1-4-20(23)12-15-25(24)26(21)22/h1-2,4,7-15,22H,3,5-6,16-17H2. The predicted molar refractivity (Wildman–Crippen MR) is 120 cm³/mol. The maximum Gasteiger partial charge on any atom is 0.0283 e. The Morgan fingerprint density at radius 3 is 2.37 bits per heavy atom. The van der Waals surface area contributed by atoms with E-state index in [9.17, 15) is 0 Å². The second kappa shape index (κ2) is 7.13. The highest BCUT2D eigenvalue weighted by Gasteiger charge is 2.23. The second-order valence-corrected chi connectivity index (χ2v) is 8.32. The fraction of sp³-hybridized carbons (Fsp3) is 0.231. The number of hydrogen-bond donors (Lipinski definition) is 0. The summed E-state index contributed by atoms with van der Waals surface area (Å²) in [5.74, 6) is 0.619. The molecule has 0 nitrogen and oxygen atoms in total. The van der Waals surface area contributed by atoms with Crippen LogP contribution in [0.5, 0.6) is 0 Å². The van der Waals surface area contributed by atoms with Crippen molar-refractivity contribution in [1.82, 2.24) is 0 Å². The van der Waals surface area contributed by atoms with E-state index in [1.165, 1.54) is 51.9 Å². The number of alkyl halides is 1. The van der Waals surface area contributed by atoms with Crippen molar-refractivity contribution < 1.29 is 0 Å². The van der Waals surface area contributed by atoms with Crippen LogP contribution >= 0.6 is 15.9 Å². The number of fused-ring (bicyclic) bond motifs is 5. The zero-order chi connectivity index (χ0) is 18.2. The van der Waals surface area contributed by atoms with Gasteiger partial charge in [-0.1, -0.05) is 88.7 Å². The van der Waals surface area contributed by atoms with Gasteiger partial charge in [0.25, 0.3) is 0 Å². The van der Waals surface area contributed by atoms with E-state index in [4.69, 9.17) is 0 Å². The minimum atomic E-state index is 0.619. The van der Waals surface area contributed by atoms with Gasteiger partial charge in [-0.2, -0.15) is 0 Å². The molecule has 0 radical (unpaired) electrons. The number of hydrogen-bond acceptors (Lipinski definition) is 0. The summed E-state index contributed by atoms with van der Waals surface area (Å²) in [7, 11) is 0. The van der Waals surface area contributed by atoms with Gasteiger partial charge in [-0.25, -0.2) is 0 Å². The molecular formula is C26H23Br. The molecule has 1 atom stereocenters. The van der Waals surface area contributed by atoms with E-state index in [1.54, 1.807) is 11.1 Å². The van der Waals surface area contributed by atoms with Gasteiger partial charge < -0.3 is 0 Å². The molecule has 0 saturated heterocycles. The summed E-state index contributed by atoms with van der Waals surface area (Å²) in [5, 5.41) is 6.52. The van der Waals surface area contributed by atoms with Crippen LogP contribution in [-0.2, 0) is 18.2 Å². The third-order valence-electron chi connectivity index (χ3n) is 6.12. The molecule has 4 aromatic rings. The number of halogens is 1. The number of aryl methyl sites for hydroxylation is 1. The summed E-state index contributed by atoms with van der Waals surface area (Å²) in [6, 6.07) is 27.3. The SMILES string of the molecule is BrCc1ccc(CC2CCCc3ccc4c(ccc5ccccc54)c32)cc1. The smallest absolute Gasteiger partial charge is 0.0283 e. The molecule has 5 rings (SSSR count). The molecule has 0 N–H and O–H groups in total. The quantitative estimate of drug-likeness (QED) is 0.239. The van der Waals surface area contributed by atoms with Gasteiger partial charge in [0.05, 0.1) is 0 Å². The van der Waals surface area contributed by atoms with Crippen molar-refractivity contribution in [1.29, 1.82) is 0 Å². The lowest BCUT2D eigenvalue weighted by Gasteiger charge is -2.28. The van der Waals surface area contributed by atoms with Crippen LogP contribution in [0.15, 0.2) is 72.8 Å². The van der Waals surface area contributed by atoms with Crippen LogP contribution in [0.2, 0.25) is 0 Å². The van der Waals surface area contributed by atoms with Gasteiger partial charge in [-0.15, -0.1) is 0 Å². The normalized spacial score (nSPS) is 16.6. The maximum absolute atomic E-state index is 3.55. The molecule has 27 heavy (non-hydrogen) atoms. The topological polar surface area (TPSA) is 0 Å². The van der Waals surface area contributed by atoms with Crippen molar-refractivity contribution in [2.24, 2.45) is 0 Å². The van der Waals surface area contributed by atoms with Gasteiger partial charge in [0.2, 0.25) is 0 Å². The predicted octanol–water partition coefficient (Wildman–Crippen LogP) is 7.55. The Morgan fingerprint density at radius 1 is 0.741 bits per heavy atom. The average molecular weight is 415 g/mol. The van der Waals surface area contributed by atoms with Crippen molar-refractivity contribution in [3.05, 3.63) is 95.1 Å². The molecule has 0 fully saturated rings. The highest BCUT2D eigenvalue weighted by molar-refractivity contribution is 9.08. The van der Waals surface area contributed by atoms with Crippen LogP contribution in [0.25, 0.3) is 21.5 Å². The van der Waals surface area contributed by atoms with Crippen LogP contribution in [0.4, 0.5) is 0 Å². The van der Waals surface area contributed by atoms with Gasteiger partial charge in [0.1, 0.15) is 0 Å². The van der Waals surface area contributed by atoms with E-state index in [1.807, 2.05) is 0 Å². The lowest BCUT2D eigenvalue weighted by atomic mass is 9.77. The van der Waals surface area contributed by atoms with E-state index in [-0.39, 0.29) is 0 Å². The molecule has 0 amide bonds. The molecule has 4 aromatic carbocycles. The minimum Gasteiger partial charge on any atom is -0.0876 e. The van der Waals surface area contributed by atoms with E-state index in [0.29, 0.717) is 5.92 Å². The number of benzene rings is 4. The van der Waals surface area contributed by atoms with Gasteiger partial charge in [-0.3, -0.25) is 0 Å². The summed E-state index contributed by atoms with van der Waals surface area (Å²) < 4.78 is 0. The van der Waals surface area contributed by atoms with Crippen LogP contribution < -0.4 is 0 Å². The lowest BCUT2D eigenvalue weighted by molar-refractivity contribution is 0.555. The molecule has 1 heteroatoms. The lowest BCUT2D eigenvalue weighted by Crippen LogP contribution is -2.13. The minimum absolute atomic E-state index is 0.619. The zero-order valence-electron chi connectivity index (χ0n) is 15.4. The Balaban J connectivity index is 1.62. The van der Waals surface area contributed by atoms with Crippen LogP contribution in [0, 0.1) is 0 Å². The molecule has 0 heterocycles. The van der Waals surface area contributed by atoms with Gasteiger partial charge >= 0.3 is 0 Å². The third kappa shape index (κ3) is 3.08. The second-order valence-electron chi connectivity index (χ2n) is 7.76. The van der Waals surface area contributed by atoms with Crippen molar-refractivity contribution in [2.45, 2.75) is 36.9 Å². The fourth-order valence-corrected chi connectivity index (χ4v) is 5.17. The molecular weight excluding hydrogens is 392 g/mol. The van der Waals surface area contributed by atoms with Crippen molar-refractivity contribution >= 4 is 37.5 Å².